The van der Waals surface area contributed by atoms with Gasteiger partial charge in [0.15, 0.2) is 0 Å². The highest BCUT2D eigenvalue weighted by molar-refractivity contribution is 5.32. The molecule has 4 heteroatoms. The molecule has 1 aliphatic carbocycles. The van der Waals surface area contributed by atoms with Crippen LogP contribution in [-0.4, -0.2) is 11.0 Å². The van der Waals surface area contributed by atoms with Gasteiger partial charge in [-0.3, -0.25) is 10.1 Å². The Morgan fingerprint density at radius 1 is 1.26 bits per heavy atom. The Morgan fingerprint density at radius 2 is 1.95 bits per heavy atom. The Kier molecular flexibility index (Phi) is 4.53. The van der Waals surface area contributed by atoms with Gasteiger partial charge in [-0.05, 0) is 30.2 Å². The fourth-order valence-corrected chi connectivity index (χ4v) is 2.80. The lowest BCUT2D eigenvalue weighted by Crippen LogP contribution is -2.39. The van der Waals surface area contributed by atoms with Crippen LogP contribution in [0.4, 0.5) is 5.69 Å². The Morgan fingerprint density at radius 3 is 2.58 bits per heavy atom. The van der Waals surface area contributed by atoms with Crippen molar-refractivity contribution in [2.75, 3.05) is 0 Å². The second kappa shape index (κ2) is 6.15. The Bertz CT molecular complexity index is 430. The van der Waals surface area contributed by atoms with Crippen LogP contribution < -0.4 is 5.32 Å². The molecule has 2 rings (SSSR count). The molecule has 19 heavy (non-hydrogen) atoms. The number of nitrogens with one attached hydrogen (secondary N) is 1. The van der Waals surface area contributed by atoms with Crippen molar-refractivity contribution >= 4 is 5.69 Å². The van der Waals surface area contributed by atoms with E-state index in [2.05, 4.69) is 19.2 Å². The maximum atomic E-state index is 10.6. The molecule has 1 saturated carbocycles. The van der Waals surface area contributed by atoms with E-state index in [0.717, 1.165) is 18.0 Å². The van der Waals surface area contributed by atoms with Gasteiger partial charge in [0.05, 0.1) is 4.92 Å². The highest BCUT2D eigenvalue weighted by Crippen LogP contribution is 2.28. The number of non-ortho nitro benzene ring substituents is 1. The lowest BCUT2D eigenvalue weighted by Gasteiger charge is -2.33. The molecular formula is C15H22N2O2. The summed E-state index contributed by atoms with van der Waals surface area (Å²) in [5.41, 5.74) is 1.26. The summed E-state index contributed by atoms with van der Waals surface area (Å²) >= 11 is 0. The lowest BCUT2D eigenvalue weighted by atomic mass is 9.80. The maximum absolute atomic E-state index is 10.6. The summed E-state index contributed by atoms with van der Waals surface area (Å²) in [5, 5.41) is 14.2. The molecule has 0 aromatic heterocycles. The van der Waals surface area contributed by atoms with E-state index in [-0.39, 0.29) is 10.6 Å². The fourth-order valence-electron chi connectivity index (χ4n) is 2.80. The van der Waals surface area contributed by atoms with E-state index in [0.29, 0.717) is 12.0 Å². The van der Waals surface area contributed by atoms with E-state index in [1.54, 1.807) is 12.1 Å². The zero-order chi connectivity index (χ0) is 13.8. The van der Waals surface area contributed by atoms with Crippen molar-refractivity contribution in [3.63, 3.8) is 0 Å². The molecule has 0 spiro atoms. The molecule has 3 atom stereocenters. The third-order valence-corrected chi connectivity index (χ3v) is 4.17. The quantitative estimate of drug-likeness (QED) is 0.667. The number of nitro benzene ring substituents is 1. The topological polar surface area (TPSA) is 55.2 Å². The Labute approximate surface area is 114 Å². The molecule has 0 heterocycles. The van der Waals surface area contributed by atoms with E-state index >= 15 is 0 Å². The Balaban J connectivity index is 1.89. The molecular weight excluding hydrogens is 240 g/mol. The van der Waals surface area contributed by atoms with Crippen molar-refractivity contribution in [2.24, 2.45) is 11.8 Å². The van der Waals surface area contributed by atoms with Crippen molar-refractivity contribution in [2.45, 2.75) is 45.7 Å². The van der Waals surface area contributed by atoms with Crippen molar-refractivity contribution in [1.29, 1.82) is 0 Å². The number of benzene rings is 1. The van der Waals surface area contributed by atoms with Crippen LogP contribution in [-0.2, 0) is 6.54 Å². The molecule has 0 saturated heterocycles. The molecule has 1 N–H and O–H groups in total. The van der Waals surface area contributed by atoms with Gasteiger partial charge < -0.3 is 5.32 Å². The molecule has 0 bridgehead atoms. The van der Waals surface area contributed by atoms with Gasteiger partial charge in [-0.25, -0.2) is 0 Å². The molecule has 0 radical (unpaired) electrons. The largest absolute Gasteiger partial charge is 0.310 e. The van der Waals surface area contributed by atoms with E-state index < -0.39 is 0 Å². The van der Waals surface area contributed by atoms with Gasteiger partial charge in [0, 0.05) is 24.7 Å². The summed E-state index contributed by atoms with van der Waals surface area (Å²) in [6.45, 7) is 5.41. The first kappa shape index (κ1) is 14.0. The monoisotopic (exact) mass is 262 g/mol. The zero-order valence-electron chi connectivity index (χ0n) is 11.6. The first-order chi connectivity index (χ1) is 9.06. The standard InChI is InChI=1S/C15H22N2O2/c1-11-3-4-12(2)15(9-11)16-10-13-5-7-14(8-6-13)17(18)19/h5-8,11-12,15-16H,3-4,9-10H2,1-2H3. The summed E-state index contributed by atoms with van der Waals surface area (Å²) in [7, 11) is 0. The average molecular weight is 262 g/mol. The van der Waals surface area contributed by atoms with E-state index in [1.807, 2.05) is 12.1 Å². The van der Waals surface area contributed by atoms with Crippen molar-refractivity contribution < 1.29 is 4.92 Å². The van der Waals surface area contributed by atoms with Crippen LogP contribution >= 0.6 is 0 Å². The predicted molar refractivity (Wildman–Crippen MR) is 75.9 cm³/mol. The van der Waals surface area contributed by atoms with Gasteiger partial charge in [0.2, 0.25) is 0 Å². The van der Waals surface area contributed by atoms with Crippen LogP contribution in [0.25, 0.3) is 0 Å². The smallest absolute Gasteiger partial charge is 0.269 e. The van der Waals surface area contributed by atoms with Crippen LogP contribution in [0.15, 0.2) is 24.3 Å². The summed E-state index contributed by atoms with van der Waals surface area (Å²) < 4.78 is 0. The highest BCUT2D eigenvalue weighted by atomic mass is 16.6. The molecule has 1 aromatic rings. The number of hydrogen-bond acceptors (Lipinski definition) is 3. The minimum Gasteiger partial charge on any atom is -0.310 e. The predicted octanol–water partition coefficient (Wildman–Crippen LogP) is 3.51. The molecule has 1 aliphatic rings. The number of hydrogen-bond donors (Lipinski definition) is 1. The van der Waals surface area contributed by atoms with Gasteiger partial charge in [0.1, 0.15) is 0 Å². The third kappa shape index (κ3) is 3.77. The van der Waals surface area contributed by atoms with Gasteiger partial charge in [-0.2, -0.15) is 0 Å². The van der Waals surface area contributed by atoms with E-state index in [1.165, 1.54) is 19.3 Å². The second-order valence-electron chi connectivity index (χ2n) is 5.81. The fraction of sp³-hybridized carbons (Fsp3) is 0.600. The van der Waals surface area contributed by atoms with Crippen molar-refractivity contribution in [1.82, 2.24) is 5.32 Å². The molecule has 0 amide bonds. The van der Waals surface area contributed by atoms with Crippen LogP contribution in [0.5, 0.6) is 0 Å². The minimum atomic E-state index is -0.359. The average Bonchev–Trinajstić information content (AvgIpc) is 2.40. The number of rotatable bonds is 4. The van der Waals surface area contributed by atoms with E-state index in [4.69, 9.17) is 0 Å². The first-order valence-corrected chi connectivity index (χ1v) is 7.03. The Hall–Kier alpha value is -1.42. The van der Waals surface area contributed by atoms with Crippen LogP contribution in [0.1, 0.15) is 38.7 Å². The summed E-state index contributed by atoms with van der Waals surface area (Å²) in [5.74, 6) is 1.51. The van der Waals surface area contributed by atoms with E-state index in [9.17, 15) is 10.1 Å². The molecule has 1 fully saturated rings. The second-order valence-corrected chi connectivity index (χ2v) is 5.81. The van der Waals surface area contributed by atoms with Gasteiger partial charge >= 0.3 is 0 Å². The van der Waals surface area contributed by atoms with Gasteiger partial charge in [-0.15, -0.1) is 0 Å². The number of nitro groups is 1. The molecule has 4 nitrogen and oxygen atoms in total. The van der Waals surface area contributed by atoms with Crippen LogP contribution in [0, 0.1) is 22.0 Å². The number of nitrogens with zero attached hydrogens (tertiary/aromatic N) is 1. The SMILES string of the molecule is CC1CCC(C)C(NCc2ccc([N+](=O)[O-])cc2)C1. The van der Waals surface area contributed by atoms with Gasteiger partial charge in [0.25, 0.3) is 5.69 Å². The molecule has 0 aliphatic heterocycles. The maximum Gasteiger partial charge on any atom is 0.269 e. The van der Waals surface area contributed by atoms with Gasteiger partial charge in [-0.1, -0.05) is 32.4 Å². The zero-order valence-corrected chi connectivity index (χ0v) is 11.6. The summed E-state index contributed by atoms with van der Waals surface area (Å²) in [4.78, 5) is 10.2. The van der Waals surface area contributed by atoms with Crippen LogP contribution in [0.3, 0.4) is 0 Å². The minimum absolute atomic E-state index is 0.156. The molecule has 3 unspecified atom stereocenters. The van der Waals surface area contributed by atoms with Crippen molar-refractivity contribution in [3.05, 3.63) is 39.9 Å². The van der Waals surface area contributed by atoms with Crippen molar-refractivity contribution in [3.8, 4) is 0 Å². The summed E-state index contributed by atoms with van der Waals surface area (Å²) in [6, 6.07) is 7.39. The first-order valence-electron chi connectivity index (χ1n) is 7.03. The summed E-state index contributed by atoms with van der Waals surface area (Å²) in [6.07, 6.45) is 3.85. The highest BCUT2D eigenvalue weighted by Gasteiger charge is 2.24. The third-order valence-electron chi connectivity index (χ3n) is 4.17. The normalized spacial score (nSPS) is 27.2. The van der Waals surface area contributed by atoms with Crippen LogP contribution in [0.2, 0.25) is 0 Å². The molecule has 104 valence electrons. The molecule has 1 aromatic carbocycles. The lowest BCUT2D eigenvalue weighted by molar-refractivity contribution is -0.384.